The molecule has 3 aromatic rings. The zero-order valence-corrected chi connectivity index (χ0v) is 15.4. The van der Waals surface area contributed by atoms with Crippen molar-refractivity contribution in [1.29, 1.82) is 0 Å². The molecule has 1 aromatic carbocycles. The Morgan fingerprint density at radius 2 is 2.22 bits per heavy atom. The van der Waals surface area contributed by atoms with Crippen LogP contribution in [0.2, 0.25) is 5.02 Å². The number of nitro benzene ring substituents is 1. The third-order valence-corrected chi connectivity index (χ3v) is 5.76. The number of ether oxygens (including phenoxy) is 1. The number of thiophene rings is 1. The van der Waals surface area contributed by atoms with Crippen LogP contribution in [-0.4, -0.2) is 20.9 Å². The Balaban J connectivity index is 1.58. The summed E-state index contributed by atoms with van der Waals surface area (Å²) in [6.45, 7) is -0.299. The molecule has 0 radical (unpaired) electrons. The first kappa shape index (κ1) is 17.6. The van der Waals surface area contributed by atoms with E-state index in [1.807, 2.05) is 0 Å². The fourth-order valence-corrected chi connectivity index (χ4v) is 4.60. The maximum absolute atomic E-state index is 12.4. The van der Waals surface area contributed by atoms with Crippen LogP contribution in [-0.2, 0) is 24.2 Å². The summed E-state index contributed by atoms with van der Waals surface area (Å²) in [6.07, 6.45) is 2.85. The molecule has 10 heteroatoms. The van der Waals surface area contributed by atoms with Gasteiger partial charge in [0.2, 0.25) is 0 Å². The summed E-state index contributed by atoms with van der Waals surface area (Å²) in [5.41, 5.74) is 0.133. The number of hydrogen-bond acceptors (Lipinski definition) is 7. The number of H-pyrrole nitrogens is 1. The third kappa shape index (κ3) is 3.19. The summed E-state index contributed by atoms with van der Waals surface area (Å²) in [5, 5.41) is 11.8. The largest absolute Gasteiger partial charge is 0.454 e. The quantitative estimate of drug-likeness (QED) is 0.404. The Hall–Kier alpha value is -2.78. The first-order valence-electron chi connectivity index (χ1n) is 8.08. The average molecular weight is 406 g/mol. The highest BCUT2D eigenvalue weighted by molar-refractivity contribution is 7.18. The van der Waals surface area contributed by atoms with Crippen LogP contribution in [0.25, 0.3) is 10.2 Å². The zero-order chi connectivity index (χ0) is 19.1. The second-order valence-corrected chi connectivity index (χ2v) is 7.56. The number of carbonyl (C=O) groups excluding carboxylic acids is 1. The molecule has 0 unspecified atom stereocenters. The highest BCUT2D eigenvalue weighted by atomic mass is 35.5. The number of hydrogen-bond donors (Lipinski definition) is 1. The van der Waals surface area contributed by atoms with Gasteiger partial charge in [-0.05, 0) is 37.0 Å². The number of rotatable bonds is 4. The number of nitrogens with zero attached hydrogens (tertiary/aromatic N) is 2. The van der Waals surface area contributed by atoms with Crippen molar-refractivity contribution in [1.82, 2.24) is 9.97 Å². The number of halogens is 1. The van der Waals surface area contributed by atoms with Gasteiger partial charge in [0.25, 0.3) is 11.2 Å². The standard InChI is InChI=1S/C17H12ClN3O5S/c18-8-4-5-9(11(6-8)21(24)25)17(23)26-7-13-19-15(22)14-10-2-1-3-12(10)27-16(14)20-13/h4-6H,1-3,7H2,(H,19,20,22). The van der Waals surface area contributed by atoms with Gasteiger partial charge in [0.1, 0.15) is 22.8 Å². The van der Waals surface area contributed by atoms with Crippen LogP contribution in [0, 0.1) is 10.1 Å². The van der Waals surface area contributed by atoms with E-state index in [0.717, 1.165) is 30.9 Å². The van der Waals surface area contributed by atoms with Crippen LogP contribution in [0.15, 0.2) is 23.0 Å². The van der Waals surface area contributed by atoms with Crippen molar-refractivity contribution in [3.8, 4) is 0 Å². The van der Waals surface area contributed by atoms with Gasteiger partial charge >= 0.3 is 5.97 Å². The Bertz CT molecular complexity index is 1150. The highest BCUT2D eigenvalue weighted by Gasteiger charge is 2.23. The van der Waals surface area contributed by atoms with E-state index < -0.39 is 16.6 Å². The number of aromatic amines is 1. The molecular formula is C17H12ClN3O5S. The molecule has 0 fully saturated rings. The van der Waals surface area contributed by atoms with Crippen molar-refractivity contribution < 1.29 is 14.5 Å². The summed E-state index contributed by atoms with van der Waals surface area (Å²) < 4.78 is 5.11. The lowest BCUT2D eigenvalue weighted by Gasteiger charge is -2.06. The zero-order valence-electron chi connectivity index (χ0n) is 13.8. The van der Waals surface area contributed by atoms with Gasteiger partial charge in [-0.25, -0.2) is 9.78 Å². The topological polar surface area (TPSA) is 115 Å². The fourth-order valence-electron chi connectivity index (χ4n) is 3.16. The van der Waals surface area contributed by atoms with Gasteiger partial charge in [0.15, 0.2) is 0 Å². The van der Waals surface area contributed by atoms with Crippen LogP contribution >= 0.6 is 22.9 Å². The molecule has 1 N–H and O–H groups in total. The first-order chi connectivity index (χ1) is 12.9. The third-order valence-electron chi connectivity index (χ3n) is 4.34. The molecule has 0 atom stereocenters. The van der Waals surface area contributed by atoms with Crippen molar-refractivity contribution in [2.24, 2.45) is 0 Å². The Kier molecular flexibility index (Phi) is 4.40. The van der Waals surface area contributed by atoms with Crippen LogP contribution in [0.5, 0.6) is 0 Å². The number of fused-ring (bicyclic) bond motifs is 3. The van der Waals surface area contributed by atoms with Gasteiger partial charge in [-0.2, -0.15) is 0 Å². The minimum absolute atomic E-state index is 0.139. The SMILES string of the molecule is O=C(OCc1nc2sc3c(c2c(=O)[nH]1)CCC3)c1ccc(Cl)cc1[N+](=O)[O-]. The smallest absolute Gasteiger partial charge is 0.345 e. The lowest BCUT2D eigenvalue weighted by Crippen LogP contribution is -2.15. The van der Waals surface area contributed by atoms with Crippen LogP contribution in [0.4, 0.5) is 5.69 Å². The second-order valence-electron chi connectivity index (χ2n) is 6.04. The molecule has 4 rings (SSSR count). The minimum atomic E-state index is -0.894. The number of aryl methyl sites for hydroxylation is 2. The van der Waals surface area contributed by atoms with E-state index in [9.17, 15) is 19.7 Å². The fraction of sp³-hybridized carbons (Fsp3) is 0.235. The summed E-state index contributed by atoms with van der Waals surface area (Å²) in [7, 11) is 0. The molecular weight excluding hydrogens is 394 g/mol. The molecule has 1 aliphatic carbocycles. The van der Waals surface area contributed by atoms with Gasteiger partial charge in [0.05, 0.1) is 10.3 Å². The maximum atomic E-state index is 12.4. The molecule has 0 saturated heterocycles. The van der Waals surface area contributed by atoms with E-state index in [-0.39, 0.29) is 28.6 Å². The minimum Gasteiger partial charge on any atom is -0.454 e. The molecule has 8 nitrogen and oxygen atoms in total. The average Bonchev–Trinajstić information content (AvgIpc) is 3.20. The van der Waals surface area contributed by atoms with Crippen molar-refractivity contribution in [3.05, 3.63) is 65.5 Å². The predicted molar refractivity (Wildman–Crippen MR) is 99.5 cm³/mol. The first-order valence-corrected chi connectivity index (χ1v) is 9.28. The highest BCUT2D eigenvalue weighted by Crippen LogP contribution is 2.34. The van der Waals surface area contributed by atoms with E-state index in [1.165, 1.54) is 28.3 Å². The number of carbonyl (C=O) groups is 1. The van der Waals surface area contributed by atoms with Gasteiger partial charge in [-0.15, -0.1) is 11.3 Å². The number of esters is 1. The summed E-state index contributed by atoms with van der Waals surface area (Å²) in [5.74, 6) is -0.702. The van der Waals surface area contributed by atoms with Crippen LogP contribution in [0.1, 0.15) is 33.0 Å². The lowest BCUT2D eigenvalue weighted by atomic mass is 10.2. The van der Waals surface area contributed by atoms with Gasteiger partial charge < -0.3 is 9.72 Å². The van der Waals surface area contributed by atoms with Gasteiger partial charge in [0, 0.05) is 16.0 Å². The molecule has 0 bridgehead atoms. The van der Waals surface area contributed by atoms with E-state index in [2.05, 4.69) is 9.97 Å². The van der Waals surface area contributed by atoms with E-state index in [0.29, 0.717) is 10.2 Å². The lowest BCUT2D eigenvalue weighted by molar-refractivity contribution is -0.385. The van der Waals surface area contributed by atoms with Crippen molar-refractivity contribution >= 4 is 44.8 Å². The number of benzene rings is 1. The predicted octanol–water partition coefficient (Wildman–Crippen LogP) is 3.39. The van der Waals surface area contributed by atoms with Gasteiger partial charge in [-0.3, -0.25) is 14.9 Å². The van der Waals surface area contributed by atoms with Crippen molar-refractivity contribution in [2.75, 3.05) is 0 Å². The normalized spacial score (nSPS) is 12.9. The maximum Gasteiger partial charge on any atom is 0.345 e. The molecule has 2 aromatic heterocycles. The summed E-state index contributed by atoms with van der Waals surface area (Å²) in [4.78, 5) is 43.8. The molecule has 27 heavy (non-hydrogen) atoms. The van der Waals surface area contributed by atoms with E-state index in [1.54, 1.807) is 0 Å². The second kappa shape index (κ2) is 6.75. The molecule has 138 valence electrons. The summed E-state index contributed by atoms with van der Waals surface area (Å²) in [6, 6.07) is 3.67. The number of nitro groups is 1. The molecule has 2 heterocycles. The monoisotopic (exact) mass is 405 g/mol. The van der Waals surface area contributed by atoms with Crippen molar-refractivity contribution in [3.63, 3.8) is 0 Å². The molecule has 0 saturated carbocycles. The summed E-state index contributed by atoms with van der Waals surface area (Å²) >= 11 is 7.22. The van der Waals surface area contributed by atoms with Crippen LogP contribution in [0.3, 0.4) is 0 Å². The molecule has 0 spiro atoms. The molecule has 0 aliphatic heterocycles. The Morgan fingerprint density at radius 3 is 3.00 bits per heavy atom. The van der Waals surface area contributed by atoms with Crippen LogP contribution < -0.4 is 5.56 Å². The number of aromatic nitrogens is 2. The van der Waals surface area contributed by atoms with Gasteiger partial charge in [-0.1, -0.05) is 11.6 Å². The Morgan fingerprint density at radius 1 is 1.41 bits per heavy atom. The molecule has 1 aliphatic rings. The van der Waals surface area contributed by atoms with E-state index in [4.69, 9.17) is 16.3 Å². The van der Waals surface area contributed by atoms with E-state index >= 15 is 0 Å². The number of nitrogens with one attached hydrogen (secondary N) is 1. The molecule has 0 amide bonds. The Labute approximate surface area is 160 Å². The van der Waals surface area contributed by atoms with Crippen molar-refractivity contribution in [2.45, 2.75) is 25.9 Å².